The smallest absolute Gasteiger partial charge is 0.363 e. The van der Waals surface area contributed by atoms with Crippen molar-refractivity contribution >= 4 is 41.1 Å². The molecule has 0 fully saturated rings. The summed E-state index contributed by atoms with van der Waals surface area (Å²) in [5.41, 5.74) is 1.41. The molecular formula is C20H17Cl2NO4. The van der Waals surface area contributed by atoms with E-state index in [1.165, 1.54) is 0 Å². The molecule has 2 aromatic rings. The average molecular weight is 406 g/mol. The van der Waals surface area contributed by atoms with Gasteiger partial charge in [0.05, 0.1) is 23.8 Å². The molecule has 2 aromatic carbocycles. The molecule has 7 heteroatoms. The Morgan fingerprint density at radius 2 is 1.78 bits per heavy atom. The Balaban J connectivity index is 1.93. The molecular weight excluding hydrogens is 389 g/mol. The SMILES string of the molecule is CCOc1ccc(/C=C2/N=C(c3ccc(Cl)cc3Cl)OC2=O)cc1OCC. The molecule has 0 amide bonds. The Bertz CT molecular complexity index is 938. The molecule has 0 N–H and O–H groups in total. The van der Waals surface area contributed by atoms with Gasteiger partial charge in [0, 0.05) is 5.02 Å². The number of carbonyl (C=O) groups excluding carboxylic acids is 1. The van der Waals surface area contributed by atoms with Gasteiger partial charge in [-0.3, -0.25) is 0 Å². The van der Waals surface area contributed by atoms with Crippen molar-refractivity contribution < 1.29 is 19.0 Å². The van der Waals surface area contributed by atoms with E-state index in [1.807, 2.05) is 19.9 Å². The van der Waals surface area contributed by atoms with E-state index in [4.69, 9.17) is 37.4 Å². The lowest BCUT2D eigenvalue weighted by Gasteiger charge is -2.11. The lowest BCUT2D eigenvalue weighted by molar-refractivity contribution is -0.129. The Morgan fingerprint density at radius 1 is 1.04 bits per heavy atom. The lowest BCUT2D eigenvalue weighted by atomic mass is 10.1. The molecule has 1 aliphatic heterocycles. The maximum atomic E-state index is 12.2. The number of halogens is 2. The van der Waals surface area contributed by atoms with Crippen LogP contribution in [-0.2, 0) is 9.53 Å². The second kappa shape index (κ2) is 8.46. The number of esters is 1. The van der Waals surface area contributed by atoms with Crippen molar-refractivity contribution in [2.45, 2.75) is 13.8 Å². The summed E-state index contributed by atoms with van der Waals surface area (Å²) in [4.78, 5) is 16.5. The first-order chi connectivity index (χ1) is 13.0. The van der Waals surface area contributed by atoms with Gasteiger partial charge in [-0.1, -0.05) is 29.3 Å². The van der Waals surface area contributed by atoms with Crippen LogP contribution in [0.4, 0.5) is 0 Å². The molecule has 0 radical (unpaired) electrons. The summed E-state index contributed by atoms with van der Waals surface area (Å²) in [5.74, 6) is 0.837. The first-order valence-corrected chi connectivity index (χ1v) is 9.15. The van der Waals surface area contributed by atoms with Gasteiger partial charge in [-0.2, -0.15) is 0 Å². The third-order valence-electron chi connectivity index (χ3n) is 3.65. The Kier molecular flexibility index (Phi) is 6.04. The van der Waals surface area contributed by atoms with Crippen LogP contribution < -0.4 is 9.47 Å². The molecule has 0 unspecified atom stereocenters. The second-order valence-corrected chi connectivity index (χ2v) is 6.38. The zero-order chi connectivity index (χ0) is 19.4. The van der Waals surface area contributed by atoms with E-state index in [0.717, 1.165) is 5.56 Å². The van der Waals surface area contributed by atoms with Crippen LogP contribution in [0.25, 0.3) is 6.08 Å². The van der Waals surface area contributed by atoms with Crippen molar-refractivity contribution in [1.82, 2.24) is 0 Å². The standard InChI is InChI=1S/C20H17Cl2NO4/c1-3-25-17-8-5-12(10-18(17)26-4-2)9-16-20(24)27-19(23-16)14-7-6-13(21)11-15(14)22/h5-11H,3-4H2,1-2H3/b16-9+. The number of benzene rings is 2. The van der Waals surface area contributed by atoms with Gasteiger partial charge in [-0.25, -0.2) is 9.79 Å². The average Bonchev–Trinajstić information content (AvgIpc) is 2.98. The van der Waals surface area contributed by atoms with E-state index in [9.17, 15) is 4.79 Å². The van der Waals surface area contributed by atoms with Crippen LogP contribution in [0.1, 0.15) is 25.0 Å². The monoisotopic (exact) mass is 405 g/mol. The van der Waals surface area contributed by atoms with E-state index in [-0.39, 0.29) is 11.6 Å². The fraction of sp³-hybridized carbons (Fsp3) is 0.200. The normalized spacial score (nSPS) is 14.9. The van der Waals surface area contributed by atoms with E-state index >= 15 is 0 Å². The largest absolute Gasteiger partial charge is 0.490 e. The van der Waals surface area contributed by atoms with Crippen molar-refractivity contribution in [3.8, 4) is 11.5 Å². The Morgan fingerprint density at radius 3 is 2.48 bits per heavy atom. The fourth-order valence-electron chi connectivity index (χ4n) is 2.50. The molecule has 5 nitrogen and oxygen atoms in total. The zero-order valence-corrected chi connectivity index (χ0v) is 16.3. The molecule has 0 atom stereocenters. The van der Waals surface area contributed by atoms with Gasteiger partial charge in [-0.15, -0.1) is 0 Å². The maximum absolute atomic E-state index is 12.2. The predicted molar refractivity (Wildman–Crippen MR) is 106 cm³/mol. The summed E-state index contributed by atoms with van der Waals surface area (Å²) in [6, 6.07) is 10.3. The molecule has 3 rings (SSSR count). The number of aliphatic imine (C=N–C) groups is 1. The van der Waals surface area contributed by atoms with Crippen LogP contribution in [0, 0.1) is 0 Å². The van der Waals surface area contributed by atoms with E-state index in [1.54, 1.807) is 36.4 Å². The molecule has 0 bridgehead atoms. The predicted octanol–water partition coefficient (Wildman–Crippen LogP) is 5.14. The van der Waals surface area contributed by atoms with Crippen LogP contribution in [0.3, 0.4) is 0 Å². The third kappa shape index (κ3) is 4.43. The molecule has 0 saturated carbocycles. The van der Waals surface area contributed by atoms with Crippen molar-refractivity contribution in [2.75, 3.05) is 13.2 Å². The van der Waals surface area contributed by atoms with Gasteiger partial charge in [0.15, 0.2) is 17.2 Å². The number of hydrogen-bond acceptors (Lipinski definition) is 5. The number of cyclic esters (lactones) is 1. The highest BCUT2D eigenvalue weighted by molar-refractivity contribution is 6.37. The number of carbonyl (C=O) groups is 1. The summed E-state index contributed by atoms with van der Waals surface area (Å²) in [5, 5.41) is 0.845. The Hall–Kier alpha value is -2.50. The number of hydrogen-bond donors (Lipinski definition) is 0. The van der Waals surface area contributed by atoms with Gasteiger partial charge in [-0.05, 0) is 55.8 Å². The summed E-state index contributed by atoms with van der Waals surface area (Å²) in [6.07, 6.45) is 1.62. The highest BCUT2D eigenvalue weighted by atomic mass is 35.5. The highest BCUT2D eigenvalue weighted by Gasteiger charge is 2.25. The molecule has 0 spiro atoms. The van der Waals surface area contributed by atoms with E-state index in [2.05, 4.69) is 4.99 Å². The molecule has 0 aliphatic carbocycles. The van der Waals surface area contributed by atoms with Crippen LogP contribution in [0.5, 0.6) is 11.5 Å². The van der Waals surface area contributed by atoms with Crippen LogP contribution >= 0.6 is 23.2 Å². The quantitative estimate of drug-likeness (QED) is 0.493. The minimum absolute atomic E-state index is 0.142. The van der Waals surface area contributed by atoms with E-state index in [0.29, 0.717) is 40.3 Å². The van der Waals surface area contributed by atoms with Crippen LogP contribution in [-0.4, -0.2) is 25.1 Å². The molecule has 140 valence electrons. The van der Waals surface area contributed by atoms with Gasteiger partial charge in [0.2, 0.25) is 5.90 Å². The molecule has 27 heavy (non-hydrogen) atoms. The van der Waals surface area contributed by atoms with Crippen molar-refractivity contribution in [1.29, 1.82) is 0 Å². The van der Waals surface area contributed by atoms with Crippen molar-refractivity contribution in [2.24, 2.45) is 4.99 Å². The van der Waals surface area contributed by atoms with Gasteiger partial charge in [0.25, 0.3) is 0 Å². The minimum Gasteiger partial charge on any atom is -0.490 e. The van der Waals surface area contributed by atoms with Gasteiger partial charge in [0.1, 0.15) is 0 Å². The summed E-state index contributed by atoms with van der Waals surface area (Å²) in [7, 11) is 0. The minimum atomic E-state index is -0.553. The van der Waals surface area contributed by atoms with Crippen molar-refractivity contribution in [3.63, 3.8) is 0 Å². The number of ether oxygens (including phenoxy) is 3. The topological polar surface area (TPSA) is 57.1 Å². The van der Waals surface area contributed by atoms with Crippen molar-refractivity contribution in [3.05, 3.63) is 63.3 Å². The van der Waals surface area contributed by atoms with Crippen LogP contribution in [0.15, 0.2) is 47.1 Å². The molecule has 0 aromatic heterocycles. The molecule has 0 saturated heterocycles. The summed E-state index contributed by atoms with van der Waals surface area (Å²) < 4.78 is 16.4. The first kappa shape index (κ1) is 19.3. The Labute approximate surface area is 167 Å². The summed E-state index contributed by atoms with van der Waals surface area (Å²) >= 11 is 12.1. The van der Waals surface area contributed by atoms with Crippen LogP contribution in [0.2, 0.25) is 10.0 Å². The summed E-state index contributed by atoms with van der Waals surface area (Å²) in [6.45, 7) is 4.82. The zero-order valence-electron chi connectivity index (χ0n) is 14.8. The highest BCUT2D eigenvalue weighted by Crippen LogP contribution is 2.31. The fourth-order valence-corrected chi connectivity index (χ4v) is 2.99. The maximum Gasteiger partial charge on any atom is 0.363 e. The first-order valence-electron chi connectivity index (χ1n) is 8.39. The number of nitrogens with zero attached hydrogens (tertiary/aromatic N) is 1. The second-order valence-electron chi connectivity index (χ2n) is 5.53. The molecule has 1 heterocycles. The van der Waals surface area contributed by atoms with Gasteiger partial charge >= 0.3 is 5.97 Å². The molecule has 1 aliphatic rings. The lowest BCUT2D eigenvalue weighted by Crippen LogP contribution is -2.05. The van der Waals surface area contributed by atoms with E-state index < -0.39 is 5.97 Å². The third-order valence-corrected chi connectivity index (χ3v) is 4.20. The van der Waals surface area contributed by atoms with Gasteiger partial charge < -0.3 is 14.2 Å². The number of rotatable bonds is 6.